The van der Waals surface area contributed by atoms with Crippen molar-refractivity contribution in [3.63, 3.8) is 0 Å². The summed E-state index contributed by atoms with van der Waals surface area (Å²) >= 11 is 0. The Balaban J connectivity index is 4.30. The average Bonchev–Trinajstić information content (AvgIpc) is 2.01. The van der Waals surface area contributed by atoms with Gasteiger partial charge in [-0.05, 0) is 0 Å². The highest BCUT2D eigenvalue weighted by atomic mass is 19.1. The van der Waals surface area contributed by atoms with Crippen LogP contribution in [0.4, 0.5) is 4.39 Å². The van der Waals surface area contributed by atoms with Crippen LogP contribution in [-0.2, 0) is 14.4 Å². The second-order valence-corrected chi connectivity index (χ2v) is 2.70. The van der Waals surface area contributed by atoms with E-state index >= 15 is 0 Å². The Morgan fingerprint density at radius 3 is 2.29 bits per heavy atom. The summed E-state index contributed by atoms with van der Waals surface area (Å²) in [5.74, 6) is -3.28. The summed E-state index contributed by atoms with van der Waals surface area (Å²) in [6, 6.07) is -1.44. The van der Waals surface area contributed by atoms with Gasteiger partial charge in [-0.3, -0.25) is 9.59 Å². The third kappa shape index (κ3) is 4.39. The van der Waals surface area contributed by atoms with Crippen LogP contribution in [0.1, 0.15) is 13.3 Å². The van der Waals surface area contributed by atoms with E-state index in [1.807, 2.05) is 5.32 Å². The lowest BCUT2D eigenvalue weighted by Crippen LogP contribution is -2.43. The Kier molecular flexibility index (Phi) is 4.54. The summed E-state index contributed by atoms with van der Waals surface area (Å²) in [7, 11) is 0. The molecule has 0 rings (SSSR count). The van der Waals surface area contributed by atoms with Crippen LogP contribution in [0, 0.1) is 0 Å². The van der Waals surface area contributed by atoms with Crippen LogP contribution in [-0.4, -0.2) is 35.1 Å². The molecule has 0 aliphatic carbocycles. The van der Waals surface area contributed by atoms with Crippen molar-refractivity contribution in [1.82, 2.24) is 5.32 Å². The van der Waals surface area contributed by atoms with Crippen LogP contribution in [0.15, 0.2) is 0 Å². The average molecular weight is 206 g/mol. The lowest BCUT2D eigenvalue weighted by molar-refractivity contribution is -0.142. The number of nitrogens with two attached hydrogens (primary N) is 1. The molecular formula is C7H11FN2O4. The van der Waals surface area contributed by atoms with E-state index in [2.05, 4.69) is 5.73 Å². The maximum absolute atomic E-state index is 12.7. The molecule has 0 unspecified atom stereocenters. The number of hydrogen-bond donors (Lipinski definition) is 3. The molecule has 0 fully saturated rings. The van der Waals surface area contributed by atoms with Crippen molar-refractivity contribution in [2.75, 3.05) is 0 Å². The molecule has 0 saturated carbocycles. The molecule has 2 amide bonds. The topological polar surface area (TPSA) is 109 Å². The molecule has 0 aromatic heterocycles. The second kappa shape index (κ2) is 5.15. The van der Waals surface area contributed by atoms with E-state index in [9.17, 15) is 18.8 Å². The zero-order chi connectivity index (χ0) is 11.3. The van der Waals surface area contributed by atoms with Crippen LogP contribution < -0.4 is 11.1 Å². The lowest BCUT2D eigenvalue weighted by Gasteiger charge is -2.13. The number of amides is 2. The first kappa shape index (κ1) is 12.3. The first-order valence-electron chi connectivity index (χ1n) is 3.78. The van der Waals surface area contributed by atoms with Crippen molar-refractivity contribution in [1.29, 1.82) is 0 Å². The monoisotopic (exact) mass is 206 g/mol. The number of carbonyl (C=O) groups excluding carboxylic acids is 2. The number of carboxylic acids is 1. The van der Waals surface area contributed by atoms with Gasteiger partial charge < -0.3 is 16.2 Å². The number of rotatable bonds is 5. The van der Waals surface area contributed by atoms with Gasteiger partial charge in [0.25, 0.3) is 5.91 Å². The molecular weight excluding hydrogens is 195 g/mol. The number of aliphatic carboxylic acids is 1. The van der Waals surface area contributed by atoms with Gasteiger partial charge in [-0.2, -0.15) is 0 Å². The summed E-state index contributed by atoms with van der Waals surface area (Å²) < 4.78 is 12.7. The Bertz CT molecular complexity index is 256. The minimum Gasteiger partial charge on any atom is -0.480 e. The molecule has 0 aromatic rings. The van der Waals surface area contributed by atoms with Gasteiger partial charge in [-0.15, -0.1) is 0 Å². The summed E-state index contributed by atoms with van der Waals surface area (Å²) in [5.41, 5.74) is 4.60. The molecule has 0 aromatic carbocycles. The molecule has 4 N–H and O–H groups in total. The number of carboxylic acid groups (broad SMARTS) is 1. The lowest BCUT2D eigenvalue weighted by atomic mass is 10.1. The fourth-order valence-corrected chi connectivity index (χ4v) is 0.790. The quantitative estimate of drug-likeness (QED) is 0.524. The van der Waals surface area contributed by atoms with E-state index < -0.39 is 36.4 Å². The fraction of sp³-hybridized carbons (Fsp3) is 0.571. The normalized spacial score (nSPS) is 14.1. The molecule has 0 spiro atoms. The van der Waals surface area contributed by atoms with Gasteiger partial charge in [-0.1, -0.05) is 0 Å². The van der Waals surface area contributed by atoms with E-state index in [1.54, 1.807) is 0 Å². The molecule has 6 nitrogen and oxygen atoms in total. The Hall–Kier alpha value is -1.66. The summed E-state index contributed by atoms with van der Waals surface area (Å²) in [6.07, 6.45) is -2.74. The Morgan fingerprint density at radius 2 is 2.00 bits per heavy atom. The molecule has 2 atom stereocenters. The smallest absolute Gasteiger partial charge is 0.326 e. The SMILES string of the molecule is CC(=O)N[C@@H](C[C@@H](F)C(N)=O)C(=O)O. The van der Waals surface area contributed by atoms with Crippen molar-refractivity contribution in [2.24, 2.45) is 5.73 Å². The highest BCUT2D eigenvalue weighted by Gasteiger charge is 2.25. The van der Waals surface area contributed by atoms with Crippen LogP contribution in [0.5, 0.6) is 0 Å². The third-order valence-corrected chi connectivity index (χ3v) is 1.43. The minimum absolute atomic E-state index is 0.617. The summed E-state index contributed by atoms with van der Waals surface area (Å²) in [6.45, 7) is 1.09. The minimum atomic E-state index is -2.08. The summed E-state index contributed by atoms with van der Waals surface area (Å²) in [5, 5.41) is 10.5. The van der Waals surface area contributed by atoms with Gasteiger partial charge >= 0.3 is 5.97 Å². The van der Waals surface area contributed by atoms with Crippen molar-refractivity contribution < 1.29 is 23.9 Å². The van der Waals surface area contributed by atoms with E-state index in [0.29, 0.717) is 0 Å². The first-order valence-corrected chi connectivity index (χ1v) is 3.78. The second-order valence-electron chi connectivity index (χ2n) is 2.70. The Morgan fingerprint density at radius 1 is 1.50 bits per heavy atom. The van der Waals surface area contributed by atoms with E-state index in [0.717, 1.165) is 6.92 Å². The van der Waals surface area contributed by atoms with E-state index in [-0.39, 0.29) is 0 Å². The van der Waals surface area contributed by atoms with Crippen LogP contribution in [0.2, 0.25) is 0 Å². The molecule has 0 saturated heterocycles. The number of hydrogen-bond acceptors (Lipinski definition) is 3. The predicted molar refractivity (Wildman–Crippen MR) is 43.9 cm³/mol. The number of nitrogens with one attached hydrogen (secondary N) is 1. The maximum Gasteiger partial charge on any atom is 0.326 e. The largest absolute Gasteiger partial charge is 0.480 e. The Labute approximate surface area is 79.3 Å². The predicted octanol–water partition coefficient (Wildman–Crippen LogP) is -1.21. The molecule has 7 heteroatoms. The molecule has 14 heavy (non-hydrogen) atoms. The first-order chi connectivity index (χ1) is 6.34. The van der Waals surface area contributed by atoms with Gasteiger partial charge in [0.2, 0.25) is 5.91 Å². The zero-order valence-electron chi connectivity index (χ0n) is 7.49. The molecule has 0 radical (unpaired) electrons. The molecule has 0 aliphatic heterocycles. The number of alkyl halides is 1. The number of halogens is 1. The fourth-order valence-electron chi connectivity index (χ4n) is 0.790. The molecule has 0 bridgehead atoms. The van der Waals surface area contributed by atoms with Crippen LogP contribution in [0.25, 0.3) is 0 Å². The maximum atomic E-state index is 12.7. The number of carbonyl (C=O) groups is 3. The van der Waals surface area contributed by atoms with Crippen molar-refractivity contribution in [2.45, 2.75) is 25.6 Å². The highest BCUT2D eigenvalue weighted by Crippen LogP contribution is 2.02. The summed E-state index contributed by atoms with van der Waals surface area (Å²) in [4.78, 5) is 31.2. The zero-order valence-corrected chi connectivity index (χ0v) is 7.49. The van der Waals surface area contributed by atoms with Crippen molar-refractivity contribution >= 4 is 17.8 Å². The van der Waals surface area contributed by atoms with Gasteiger partial charge in [0.1, 0.15) is 6.04 Å². The standard InChI is InChI=1S/C7H11FN2O4/c1-3(11)10-5(7(13)14)2-4(8)6(9)12/h4-5H,2H2,1H3,(H2,9,12)(H,10,11)(H,13,14)/t4-,5+/m1/s1. The van der Waals surface area contributed by atoms with Crippen LogP contribution >= 0.6 is 0 Å². The van der Waals surface area contributed by atoms with Gasteiger partial charge in [0.15, 0.2) is 6.17 Å². The van der Waals surface area contributed by atoms with E-state index in [1.165, 1.54) is 0 Å². The van der Waals surface area contributed by atoms with Gasteiger partial charge in [-0.25, -0.2) is 9.18 Å². The number of primary amides is 1. The van der Waals surface area contributed by atoms with Gasteiger partial charge in [0, 0.05) is 13.3 Å². The highest BCUT2D eigenvalue weighted by molar-refractivity contribution is 5.84. The van der Waals surface area contributed by atoms with Gasteiger partial charge in [0.05, 0.1) is 0 Å². The molecule has 0 aliphatic rings. The van der Waals surface area contributed by atoms with Crippen molar-refractivity contribution in [3.05, 3.63) is 0 Å². The third-order valence-electron chi connectivity index (χ3n) is 1.43. The van der Waals surface area contributed by atoms with E-state index in [4.69, 9.17) is 5.11 Å². The molecule has 80 valence electrons. The van der Waals surface area contributed by atoms with Crippen LogP contribution in [0.3, 0.4) is 0 Å². The van der Waals surface area contributed by atoms with Crippen molar-refractivity contribution in [3.8, 4) is 0 Å². The molecule has 0 heterocycles.